The molecule has 0 saturated carbocycles. The Morgan fingerprint density at radius 1 is 0.833 bits per heavy atom. The van der Waals surface area contributed by atoms with E-state index in [1.807, 2.05) is 0 Å². The van der Waals surface area contributed by atoms with Gasteiger partial charge in [-0.2, -0.15) is 26.3 Å². The number of sulfonamides is 1. The summed E-state index contributed by atoms with van der Waals surface area (Å²) in [6.07, 6.45) is -8.99. The molecule has 220 valence electrons. The monoisotopic (exact) mass is 614 g/mol. The molecule has 0 fully saturated rings. The Labute approximate surface area is 233 Å². The summed E-state index contributed by atoms with van der Waals surface area (Å²) in [5.74, 6) is -4.22. The van der Waals surface area contributed by atoms with Crippen molar-refractivity contribution in [2.75, 3.05) is 5.73 Å². The van der Waals surface area contributed by atoms with Crippen molar-refractivity contribution >= 4 is 21.9 Å². The lowest BCUT2D eigenvalue weighted by Crippen LogP contribution is -2.45. The average molecular weight is 614 g/mol. The lowest BCUT2D eigenvalue weighted by atomic mass is 10.0. The van der Waals surface area contributed by atoms with Gasteiger partial charge in [0.2, 0.25) is 5.95 Å². The molecular formula is C26H17F7N4O4S. The molecule has 1 atom stereocenters. The zero-order chi connectivity index (χ0) is 30.9. The molecule has 0 spiro atoms. The maximum atomic E-state index is 15.1. The first kappa shape index (κ1) is 30.4. The minimum atomic E-state index is -5.86. The van der Waals surface area contributed by atoms with Gasteiger partial charge in [0, 0.05) is 29.1 Å². The summed E-state index contributed by atoms with van der Waals surface area (Å²) in [6, 6.07) is 9.11. The molecule has 2 N–H and O–H groups in total. The van der Waals surface area contributed by atoms with Gasteiger partial charge >= 0.3 is 18.3 Å². The van der Waals surface area contributed by atoms with Crippen LogP contribution < -0.4 is 5.73 Å². The molecule has 42 heavy (non-hydrogen) atoms. The maximum Gasteiger partial charge on any atom is 0.492 e. The molecule has 4 aromatic rings. The number of halogens is 7. The number of benzene rings is 3. The van der Waals surface area contributed by atoms with Crippen LogP contribution in [-0.2, 0) is 19.7 Å². The zero-order valence-electron chi connectivity index (χ0n) is 20.8. The van der Waals surface area contributed by atoms with E-state index in [0.717, 1.165) is 48.5 Å². The van der Waals surface area contributed by atoms with Gasteiger partial charge in [0.25, 0.3) is 10.0 Å². The van der Waals surface area contributed by atoms with E-state index in [1.165, 1.54) is 36.7 Å². The number of hydrogen-bond donors (Lipinski definition) is 1. The third kappa shape index (κ3) is 6.33. The van der Waals surface area contributed by atoms with E-state index in [1.54, 1.807) is 0 Å². The normalized spacial score (nSPS) is 13.1. The van der Waals surface area contributed by atoms with Crippen molar-refractivity contribution in [1.82, 2.24) is 14.4 Å². The fourth-order valence-corrected chi connectivity index (χ4v) is 5.45. The zero-order valence-corrected chi connectivity index (χ0v) is 21.6. The number of carbonyl (C=O) groups is 1. The second kappa shape index (κ2) is 11.4. The highest BCUT2D eigenvalue weighted by atomic mass is 32.2. The Balaban J connectivity index is 1.88. The lowest BCUT2D eigenvalue weighted by Gasteiger charge is -2.31. The van der Waals surface area contributed by atoms with Crippen LogP contribution in [0.15, 0.2) is 90.1 Å². The number of rotatable bonds is 7. The van der Waals surface area contributed by atoms with E-state index >= 15 is 4.39 Å². The number of nitrogens with zero attached hydrogens (tertiary/aromatic N) is 3. The quantitative estimate of drug-likeness (QED) is 0.205. The van der Waals surface area contributed by atoms with E-state index in [-0.39, 0.29) is 22.6 Å². The van der Waals surface area contributed by atoms with E-state index in [0.29, 0.717) is 0 Å². The van der Waals surface area contributed by atoms with Crippen molar-refractivity contribution < 1.29 is 48.8 Å². The van der Waals surface area contributed by atoms with Gasteiger partial charge < -0.3 is 10.6 Å². The standard InChI is InChI=1S/C26H17F7N4O4S/c27-20-12-16(10-11-18(20)17-13-35-24(34)36-14-17)19-8-4-5-9-21(19)42(39,40)37(41-23(38)26(31,32)33)22(25(28,29)30)15-6-2-1-3-7-15/h1-14,22H,(H2,34,35,36)/t22-/m1/s1. The summed E-state index contributed by atoms with van der Waals surface area (Å²) in [6.45, 7) is 0. The Bertz CT molecular complexity index is 1700. The fourth-order valence-electron chi connectivity index (χ4n) is 3.86. The highest BCUT2D eigenvalue weighted by Crippen LogP contribution is 2.43. The topological polar surface area (TPSA) is 115 Å². The van der Waals surface area contributed by atoms with Gasteiger partial charge in [-0.05, 0) is 27.7 Å². The van der Waals surface area contributed by atoms with Gasteiger partial charge in [-0.15, -0.1) is 0 Å². The minimum Gasteiger partial charge on any atom is -0.368 e. The molecule has 8 nitrogen and oxygen atoms in total. The molecule has 0 aliphatic carbocycles. The van der Waals surface area contributed by atoms with E-state index in [9.17, 15) is 39.6 Å². The van der Waals surface area contributed by atoms with Crippen molar-refractivity contribution in [2.45, 2.75) is 23.3 Å². The Morgan fingerprint density at radius 3 is 2.00 bits per heavy atom. The molecular weight excluding hydrogens is 597 g/mol. The van der Waals surface area contributed by atoms with Crippen LogP contribution in [-0.4, -0.2) is 41.2 Å². The first-order valence-corrected chi connectivity index (χ1v) is 13.0. The molecule has 3 aromatic carbocycles. The largest absolute Gasteiger partial charge is 0.492 e. The van der Waals surface area contributed by atoms with Crippen LogP contribution >= 0.6 is 0 Å². The first-order chi connectivity index (χ1) is 19.6. The van der Waals surface area contributed by atoms with Gasteiger partial charge in [0.15, 0.2) is 6.04 Å². The summed E-state index contributed by atoms with van der Waals surface area (Å²) in [5.41, 5.74) is 4.14. The maximum absolute atomic E-state index is 15.1. The minimum absolute atomic E-state index is 0.0407. The number of nitrogens with two attached hydrogens (primary N) is 1. The van der Waals surface area contributed by atoms with Crippen LogP contribution in [0.2, 0.25) is 0 Å². The number of nitrogen functional groups attached to an aromatic ring is 1. The van der Waals surface area contributed by atoms with Crippen molar-refractivity contribution in [2.24, 2.45) is 0 Å². The molecule has 1 aromatic heterocycles. The third-order valence-electron chi connectivity index (χ3n) is 5.71. The van der Waals surface area contributed by atoms with Gasteiger partial charge in [0.1, 0.15) is 5.82 Å². The fraction of sp³-hybridized carbons (Fsp3) is 0.115. The molecule has 0 radical (unpaired) electrons. The van der Waals surface area contributed by atoms with Crippen LogP contribution in [0.3, 0.4) is 0 Å². The van der Waals surface area contributed by atoms with E-state index < -0.39 is 60.7 Å². The Morgan fingerprint density at radius 2 is 1.43 bits per heavy atom. The first-order valence-electron chi connectivity index (χ1n) is 11.5. The number of aromatic nitrogens is 2. The van der Waals surface area contributed by atoms with Gasteiger partial charge in [0.05, 0.1) is 4.90 Å². The molecule has 0 unspecified atom stereocenters. The number of hydroxylamine groups is 1. The number of anilines is 1. The molecule has 0 amide bonds. The summed E-state index contributed by atoms with van der Waals surface area (Å²) in [5, 5.41) is 0. The van der Waals surface area contributed by atoms with Crippen LogP contribution in [0.1, 0.15) is 11.6 Å². The van der Waals surface area contributed by atoms with Gasteiger partial charge in [-0.1, -0.05) is 60.7 Å². The van der Waals surface area contributed by atoms with E-state index in [2.05, 4.69) is 14.8 Å². The van der Waals surface area contributed by atoms with Gasteiger partial charge in [-0.3, -0.25) is 0 Å². The summed E-state index contributed by atoms with van der Waals surface area (Å²) < 4.78 is 124. The molecule has 16 heteroatoms. The number of carbonyl (C=O) groups excluding carboxylic acids is 1. The van der Waals surface area contributed by atoms with Crippen LogP contribution in [0, 0.1) is 5.82 Å². The van der Waals surface area contributed by atoms with Crippen LogP contribution in [0.4, 0.5) is 36.7 Å². The number of alkyl halides is 6. The smallest absolute Gasteiger partial charge is 0.368 e. The summed E-state index contributed by atoms with van der Waals surface area (Å²) in [7, 11) is -5.73. The van der Waals surface area contributed by atoms with Crippen molar-refractivity contribution in [3.63, 3.8) is 0 Å². The van der Waals surface area contributed by atoms with Crippen molar-refractivity contribution in [3.05, 3.63) is 96.6 Å². The number of hydrogen-bond acceptors (Lipinski definition) is 7. The van der Waals surface area contributed by atoms with Crippen molar-refractivity contribution in [3.8, 4) is 22.3 Å². The molecule has 0 bridgehead atoms. The van der Waals surface area contributed by atoms with Crippen molar-refractivity contribution in [1.29, 1.82) is 0 Å². The summed E-state index contributed by atoms with van der Waals surface area (Å²) >= 11 is 0. The molecule has 0 saturated heterocycles. The SMILES string of the molecule is Nc1ncc(-c2ccc(-c3ccccc3S(=O)(=O)N(OC(=O)C(F)(F)F)[C@H](c3ccccc3)C(F)(F)F)cc2F)cn1. The molecule has 4 rings (SSSR count). The molecule has 0 aliphatic heterocycles. The Hall–Kier alpha value is -4.57. The summed E-state index contributed by atoms with van der Waals surface area (Å²) in [4.78, 5) is 22.1. The molecule has 0 aliphatic rings. The van der Waals surface area contributed by atoms with Gasteiger partial charge in [-0.25, -0.2) is 27.6 Å². The highest BCUT2D eigenvalue weighted by Gasteiger charge is 2.55. The predicted octanol–water partition coefficient (Wildman–Crippen LogP) is 5.85. The predicted molar refractivity (Wildman–Crippen MR) is 134 cm³/mol. The average Bonchev–Trinajstić information content (AvgIpc) is 2.92. The lowest BCUT2D eigenvalue weighted by molar-refractivity contribution is -0.258. The highest BCUT2D eigenvalue weighted by molar-refractivity contribution is 7.89. The Kier molecular flexibility index (Phi) is 8.22. The second-order valence-corrected chi connectivity index (χ2v) is 10.3. The molecule has 1 heterocycles. The van der Waals surface area contributed by atoms with E-state index in [4.69, 9.17) is 5.73 Å². The van der Waals surface area contributed by atoms with Crippen LogP contribution in [0.5, 0.6) is 0 Å². The van der Waals surface area contributed by atoms with Crippen LogP contribution in [0.25, 0.3) is 22.3 Å². The third-order valence-corrected chi connectivity index (χ3v) is 7.38. The second-order valence-electron chi connectivity index (χ2n) is 8.51.